The average molecular weight is 285 g/mol. The summed E-state index contributed by atoms with van der Waals surface area (Å²) in [5.74, 6) is 0.214. The van der Waals surface area contributed by atoms with Gasteiger partial charge in [-0.1, -0.05) is 15.9 Å². The number of oxazole rings is 1. The van der Waals surface area contributed by atoms with Gasteiger partial charge in [-0.05, 0) is 31.5 Å². The van der Waals surface area contributed by atoms with Crippen LogP contribution in [0.25, 0.3) is 11.1 Å². The van der Waals surface area contributed by atoms with Crippen LogP contribution in [-0.4, -0.2) is 11.5 Å². The molecule has 1 fully saturated rings. The Hall–Kier alpha value is -0.940. The number of fused-ring (bicyclic) bond motifs is 1. The van der Waals surface area contributed by atoms with Crippen LogP contribution in [0.15, 0.2) is 21.0 Å². The highest BCUT2D eigenvalue weighted by Crippen LogP contribution is 2.29. The number of halogens is 2. The van der Waals surface area contributed by atoms with E-state index in [-0.39, 0.29) is 17.4 Å². The maximum atomic E-state index is 13.6. The van der Waals surface area contributed by atoms with E-state index in [0.717, 1.165) is 19.4 Å². The summed E-state index contributed by atoms with van der Waals surface area (Å²) in [6.45, 7) is 0.968. The molecule has 84 valence electrons. The van der Waals surface area contributed by atoms with Crippen molar-refractivity contribution in [2.75, 3.05) is 6.54 Å². The first kappa shape index (κ1) is 10.2. The summed E-state index contributed by atoms with van der Waals surface area (Å²) < 4.78 is 19.7. The third-order valence-electron chi connectivity index (χ3n) is 2.78. The maximum Gasteiger partial charge on any atom is 0.212 e. The Morgan fingerprint density at radius 2 is 2.38 bits per heavy atom. The van der Waals surface area contributed by atoms with Gasteiger partial charge in [0, 0.05) is 4.47 Å². The fourth-order valence-electron chi connectivity index (χ4n) is 2.02. The third-order valence-corrected chi connectivity index (χ3v) is 3.24. The highest BCUT2D eigenvalue weighted by Gasteiger charge is 2.22. The van der Waals surface area contributed by atoms with Gasteiger partial charge in [0.2, 0.25) is 5.89 Å². The van der Waals surface area contributed by atoms with Gasteiger partial charge < -0.3 is 9.73 Å². The molecule has 1 atom stereocenters. The van der Waals surface area contributed by atoms with Crippen LogP contribution in [0.5, 0.6) is 0 Å². The van der Waals surface area contributed by atoms with Crippen molar-refractivity contribution in [2.24, 2.45) is 0 Å². The van der Waals surface area contributed by atoms with E-state index in [1.54, 1.807) is 6.07 Å². The average Bonchev–Trinajstić information content (AvgIpc) is 2.82. The van der Waals surface area contributed by atoms with Gasteiger partial charge in [0.1, 0.15) is 5.52 Å². The Bertz CT molecular complexity index is 534. The standard InChI is InChI=1S/C11H10BrFN2O/c12-6-4-7(13)10-9(5-6)15-11(16-10)8-2-1-3-14-8/h4-5,8,14H,1-3H2. The Labute approximate surface area is 100 Å². The summed E-state index contributed by atoms with van der Waals surface area (Å²) in [4.78, 5) is 4.32. The molecule has 1 aromatic heterocycles. The van der Waals surface area contributed by atoms with Gasteiger partial charge in [0.15, 0.2) is 11.4 Å². The number of aromatic nitrogens is 1. The van der Waals surface area contributed by atoms with E-state index in [0.29, 0.717) is 15.9 Å². The van der Waals surface area contributed by atoms with Crippen LogP contribution in [0.2, 0.25) is 0 Å². The molecule has 1 N–H and O–H groups in total. The predicted octanol–water partition coefficient (Wildman–Crippen LogP) is 3.15. The minimum atomic E-state index is -0.374. The van der Waals surface area contributed by atoms with Gasteiger partial charge in [-0.15, -0.1) is 0 Å². The summed E-state index contributed by atoms with van der Waals surface area (Å²) in [6.07, 6.45) is 2.10. The highest BCUT2D eigenvalue weighted by atomic mass is 79.9. The van der Waals surface area contributed by atoms with Crippen LogP contribution >= 0.6 is 15.9 Å². The Morgan fingerprint density at radius 3 is 3.12 bits per heavy atom. The monoisotopic (exact) mass is 284 g/mol. The van der Waals surface area contributed by atoms with Crippen molar-refractivity contribution >= 4 is 27.0 Å². The molecule has 1 saturated heterocycles. The van der Waals surface area contributed by atoms with Crippen molar-refractivity contribution < 1.29 is 8.81 Å². The van der Waals surface area contributed by atoms with Gasteiger partial charge in [-0.25, -0.2) is 9.37 Å². The van der Waals surface area contributed by atoms with E-state index in [1.165, 1.54) is 6.07 Å². The molecule has 16 heavy (non-hydrogen) atoms. The smallest absolute Gasteiger partial charge is 0.212 e. The van der Waals surface area contributed by atoms with Gasteiger partial charge in [0.05, 0.1) is 6.04 Å². The molecular weight excluding hydrogens is 275 g/mol. The van der Waals surface area contributed by atoms with Crippen molar-refractivity contribution in [2.45, 2.75) is 18.9 Å². The van der Waals surface area contributed by atoms with Crippen molar-refractivity contribution in [1.29, 1.82) is 0 Å². The molecule has 5 heteroatoms. The molecule has 0 aliphatic carbocycles. The molecule has 3 rings (SSSR count). The second-order valence-corrected chi connectivity index (χ2v) is 4.85. The minimum Gasteiger partial charge on any atom is -0.436 e. The maximum absolute atomic E-state index is 13.6. The Kier molecular flexibility index (Phi) is 2.44. The normalized spacial score (nSPS) is 20.8. The van der Waals surface area contributed by atoms with Gasteiger partial charge in [-0.2, -0.15) is 0 Å². The fourth-order valence-corrected chi connectivity index (χ4v) is 2.44. The van der Waals surface area contributed by atoms with Crippen molar-refractivity contribution in [3.05, 3.63) is 28.3 Å². The van der Waals surface area contributed by atoms with Crippen molar-refractivity contribution in [1.82, 2.24) is 10.3 Å². The molecule has 2 aromatic rings. The first-order valence-electron chi connectivity index (χ1n) is 5.23. The van der Waals surface area contributed by atoms with Gasteiger partial charge in [-0.3, -0.25) is 0 Å². The van der Waals surface area contributed by atoms with Crippen molar-refractivity contribution in [3.8, 4) is 0 Å². The third kappa shape index (κ3) is 1.64. The summed E-state index contributed by atoms with van der Waals surface area (Å²) in [5.41, 5.74) is 0.808. The molecule has 1 unspecified atom stereocenters. The zero-order valence-corrected chi connectivity index (χ0v) is 10.1. The molecule has 1 aliphatic rings. The van der Waals surface area contributed by atoms with E-state index < -0.39 is 0 Å². The lowest BCUT2D eigenvalue weighted by Crippen LogP contribution is -2.12. The van der Waals surface area contributed by atoms with E-state index in [9.17, 15) is 4.39 Å². The molecule has 0 saturated carbocycles. The van der Waals surface area contributed by atoms with Crippen LogP contribution in [0.1, 0.15) is 24.8 Å². The van der Waals surface area contributed by atoms with Crippen LogP contribution in [-0.2, 0) is 0 Å². The van der Waals surface area contributed by atoms with Crippen LogP contribution in [0, 0.1) is 5.82 Å². The molecule has 1 aliphatic heterocycles. The molecule has 2 heterocycles. The quantitative estimate of drug-likeness (QED) is 0.874. The molecule has 0 radical (unpaired) electrons. The number of rotatable bonds is 1. The largest absolute Gasteiger partial charge is 0.436 e. The Morgan fingerprint density at radius 1 is 1.50 bits per heavy atom. The van der Waals surface area contributed by atoms with Crippen LogP contribution in [0.4, 0.5) is 4.39 Å². The molecule has 0 bridgehead atoms. The summed E-state index contributed by atoms with van der Waals surface area (Å²) in [5, 5.41) is 3.28. The minimum absolute atomic E-state index is 0.130. The molecule has 0 amide bonds. The molecule has 0 spiro atoms. The first-order chi connectivity index (χ1) is 7.74. The second kappa shape index (κ2) is 3.82. The SMILES string of the molecule is Fc1cc(Br)cc2nc(C3CCCN3)oc12. The Balaban J connectivity index is 2.11. The summed E-state index contributed by atoms with van der Waals surface area (Å²) >= 11 is 3.24. The zero-order valence-electron chi connectivity index (χ0n) is 8.46. The van der Waals surface area contributed by atoms with E-state index in [4.69, 9.17) is 4.42 Å². The lowest BCUT2D eigenvalue weighted by atomic mass is 10.2. The molecular formula is C11H10BrFN2O. The number of hydrogen-bond acceptors (Lipinski definition) is 3. The topological polar surface area (TPSA) is 38.1 Å². The van der Waals surface area contributed by atoms with E-state index in [1.807, 2.05) is 0 Å². The fraction of sp³-hybridized carbons (Fsp3) is 0.364. The first-order valence-corrected chi connectivity index (χ1v) is 6.02. The number of nitrogens with zero attached hydrogens (tertiary/aromatic N) is 1. The number of hydrogen-bond donors (Lipinski definition) is 1. The lowest BCUT2D eigenvalue weighted by Gasteiger charge is -2.02. The van der Waals surface area contributed by atoms with E-state index in [2.05, 4.69) is 26.2 Å². The van der Waals surface area contributed by atoms with Crippen LogP contribution < -0.4 is 5.32 Å². The number of nitrogens with one attached hydrogen (secondary N) is 1. The summed E-state index contributed by atoms with van der Waals surface area (Å²) in [7, 11) is 0. The predicted molar refractivity (Wildman–Crippen MR) is 61.6 cm³/mol. The summed E-state index contributed by atoms with van der Waals surface area (Å²) in [6, 6.07) is 3.28. The second-order valence-electron chi connectivity index (χ2n) is 3.94. The number of benzene rings is 1. The van der Waals surface area contributed by atoms with Crippen molar-refractivity contribution in [3.63, 3.8) is 0 Å². The lowest BCUT2D eigenvalue weighted by molar-refractivity contribution is 0.442. The van der Waals surface area contributed by atoms with E-state index >= 15 is 0 Å². The van der Waals surface area contributed by atoms with Gasteiger partial charge in [0.25, 0.3) is 0 Å². The molecule has 3 nitrogen and oxygen atoms in total. The highest BCUT2D eigenvalue weighted by molar-refractivity contribution is 9.10. The molecule has 1 aromatic carbocycles. The van der Waals surface area contributed by atoms with Crippen LogP contribution in [0.3, 0.4) is 0 Å². The zero-order chi connectivity index (χ0) is 11.1. The van der Waals surface area contributed by atoms with Gasteiger partial charge >= 0.3 is 0 Å².